The SMILES string of the molecule is O=C1CN(C(=O)c2cc(Br)sc2Br)Cc2ccccc2N1. The second kappa shape index (κ2) is 5.90. The molecule has 108 valence electrons. The van der Waals surface area contributed by atoms with Crippen molar-refractivity contribution in [3.05, 3.63) is 49.0 Å². The number of para-hydroxylation sites is 1. The number of benzene rings is 1. The molecule has 2 aromatic rings. The van der Waals surface area contributed by atoms with Gasteiger partial charge < -0.3 is 10.2 Å². The zero-order chi connectivity index (χ0) is 15.0. The number of nitrogens with one attached hydrogen (secondary N) is 1. The molecule has 0 fully saturated rings. The minimum absolute atomic E-state index is 0.0490. The maximum atomic E-state index is 12.6. The number of amides is 2. The van der Waals surface area contributed by atoms with E-state index in [0.717, 1.165) is 18.8 Å². The molecule has 0 spiro atoms. The predicted molar refractivity (Wildman–Crippen MR) is 89.5 cm³/mol. The first-order valence-electron chi connectivity index (χ1n) is 6.16. The third-order valence-corrected chi connectivity index (χ3v) is 5.50. The summed E-state index contributed by atoms with van der Waals surface area (Å²) in [7, 11) is 0. The molecule has 0 bridgehead atoms. The summed E-state index contributed by atoms with van der Waals surface area (Å²) in [5.74, 6) is -0.339. The van der Waals surface area contributed by atoms with Gasteiger partial charge in [-0.2, -0.15) is 0 Å². The molecule has 0 aliphatic carbocycles. The molecule has 1 N–H and O–H groups in total. The van der Waals surface area contributed by atoms with Crippen LogP contribution < -0.4 is 5.32 Å². The Morgan fingerprint density at radius 1 is 1.24 bits per heavy atom. The number of anilines is 1. The first-order valence-corrected chi connectivity index (χ1v) is 8.56. The molecule has 4 nitrogen and oxygen atoms in total. The molecular formula is C14H10Br2N2O2S. The van der Waals surface area contributed by atoms with E-state index < -0.39 is 0 Å². The summed E-state index contributed by atoms with van der Waals surface area (Å²) in [6, 6.07) is 9.29. The Hall–Kier alpha value is -1.18. The molecule has 2 amide bonds. The third kappa shape index (κ3) is 3.04. The van der Waals surface area contributed by atoms with Gasteiger partial charge in [-0.1, -0.05) is 18.2 Å². The molecule has 2 heterocycles. The quantitative estimate of drug-likeness (QED) is 0.747. The van der Waals surface area contributed by atoms with Gasteiger partial charge in [-0.3, -0.25) is 9.59 Å². The summed E-state index contributed by atoms with van der Waals surface area (Å²) in [5.41, 5.74) is 2.27. The summed E-state index contributed by atoms with van der Waals surface area (Å²) in [4.78, 5) is 26.2. The van der Waals surface area contributed by atoms with Crippen LogP contribution in [0.4, 0.5) is 5.69 Å². The fourth-order valence-corrected chi connectivity index (χ4v) is 4.98. The summed E-state index contributed by atoms with van der Waals surface area (Å²) in [6.07, 6.45) is 0. The van der Waals surface area contributed by atoms with Crippen molar-refractivity contribution in [3.8, 4) is 0 Å². The molecule has 0 radical (unpaired) electrons. The zero-order valence-corrected chi connectivity index (χ0v) is 14.7. The van der Waals surface area contributed by atoms with Gasteiger partial charge in [0.15, 0.2) is 0 Å². The van der Waals surface area contributed by atoms with Gasteiger partial charge in [0.05, 0.1) is 13.1 Å². The van der Waals surface area contributed by atoms with Gasteiger partial charge in [-0.15, -0.1) is 11.3 Å². The minimum Gasteiger partial charge on any atom is -0.325 e. The van der Waals surface area contributed by atoms with E-state index in [9.17, 15) is 9.59 Å². The van der Waals surface area contributed by atoms with Crippen LogP contribution in [0.5, 0.6) is 0 Å². The number of hydrogen-bond acceptors (Lipinski definition) is 3. The van der Waals surface area contributed by atoms with E-state index in [1.165, 1.54) is 11.3 Å². The Kier molecular flexibility index (Phi) is 4.14. The maximum absolute atomic E-state index is 12.6. The molecule has 1 aliphatic heterocycles. The van der Waals surface area contributed by atoms with E-state index in [1.807, 2.05) is 24.3 Å². The van der Waals surface area contributed by atoms with Crippen molar-refractivity contribution in [1.29, 1.82) is 0 Å². The molecule has 0 saturated carbocycles. The van der Waals surface area contributed by atoms with Crippen LogP contribution in [0.3, 0.4) is 0 Å². The molecule has 1 aromatic heterocycles. The van der Waals surface area contributed by atoms with Gasteiger partial charge in [-0.25, -0.2) is 0 Å². The van der Waals surface area contributed by atoms with Crippen LogP contribution in [0.2, 0.25) is 0 Å². The fraction of sp³-hybridized carbons (Fsp3) is 0.143. The summed E-state index contributed by atoms with van der Waals surface area (Å²) in [5, 5.41) is 2.83. The van der Waals surface area contributed by atoms with Crippen LogP contribution in [0.25, 0.3) is 0 Å². The molecule has 21 heavy (non-hydrogen) atoms. The summed E-state index contributed by atoms with van der Waals surface area (Å²) in [6.45, 7) is 0.459. The van der Waals surface area contributed by atoms with E-state index in [0.29, 0.717) is 12.1 Å². The smallest absolute Gasteiger partial charge is 0.256 e. The number of fused-ring (bicyclic) bond motifs is 1. The van der Waals surface area contributed by atoms with Gasteiger partial charge in [0.25, 0.3) is 5.91 Å². The van der Waals surface area contributed by atoms with Crippen molar-refractivity contribution >= 4 is 60.7 Å². The molecule has 1 aliphatic rings. The van der Waals surface area contributed by atoms with E-state index in [1.54, 1.807) is 11.0 Å². The Balaban J connectivity index is 1.94. The average Bonchev–Trinajstić information content (AvgIpc) is 2.68. The number of carbonyl (C=O) groups is 2. The first-order chi connectivity index (χ1) is 10.0. The highest BCUT2D eigenvalue weighted by atomic mass is 79.9. The molecule has 0 atom stereocenters. The van der Waals surface area contributed by atoms with E-state index >= 15 is 0 Å². The van der Waals surface area contributed by atoms with Gasteiger partial charge in [0.1, 0.15) is 6.54 Å². The molecule has 1 aromatic carbocycles. The lowest BCUT2D eigenvalue weighted by Crippen LogP contribution is -2.35. The first kappa shape index (κ1) is 14.7. The highest BCUT2D eigenvalue weighted by Gasteiger charge is 2.26. The fourth-order valence-electron chi connectivity index (χ4n) is 2.20. The molecular weight excluding hydrogens is 420 g/mol. The number of carbonyl (C=O) groups excluding carboxylic acids is 2. The van der Waals surface area contributed by atoms with E-state index in [-0.39, 0.29) is 18.4 Å². The van der Waals surface area contributed by atoms with Crippen LogP contribution >= 0.6 is 43.2 Å². The highest BCUT2D eigenvalue weighted by molar-refractivity contribution is 9.12. The lowest BCUT2D eigenvalue weighted by molar-refractivity contribution is -0.116. The van der Waals surface area contributed by atoms with Gasteiger partial charge >= 0.3 is 0 Å². The van der Waals surface area contributed by atoms with Gasteiger partial charge in [0.2, 0.25) is 5.91 Å². The largest absolute Gasteiger partial charge is 0.325 e. The Morgan fingerprint density at radius 2 is 2.00 bits per heavy atom. The Morgan fingerprint density at radius 3 is 2.71 bits per heavy atom. The lowest BCUT2D eigenvalue weighted by Gasteiger charge is -2.19. The predicted octanol–water partition coefficient (Wildman–Crippen LogP) is 3.87. The molecule has 3 rings (SSSR count). The van der Waals surface area contributed by atoms with Crippen molar-refractivity contribution in [2.24, 2.45) is 0 Å². The van der Waals surface area contributed by atoms with Crippen molar-refractivity contribution in [2.75, 3.05) is 11.9 Å². The third-order valence-electron chi connectivity index (χ3n) is 3.16. The van der Waals surface area contributed by atoms with Crippen molar-refractivity contribution in [2.45, 2.75) is 6.54 Å². The number of nitrogens with zero attached hydrogens (tertiary/aromatic N) is 1. The van der Waals surface area contributed by atoms with E-state index in [2.05, 4.69) is 37.2 Å². The Labute approximate surface area is 142 Å². The van der Waals surface area contributed by atoms with Crippen LogP contribution in [-0.2, 0) is 11.3 Å². The summed E-state index contributed by atoms with van der Waals surface area (Å²) < 4.78 is 1.63. The van der Waals surface area contributed by atoms with Crippen LogP contribution in [-0.4, -0.2) is 23.3 Å². The number of rotatable bonds is 1. The molecule has 7 heteroatoms. The molecule has 0 saturated heterocycles. The lowest BCUT2D eigenvalue weighted by atomic mass is 10.1. The topological polar surface area (TPSA) is 49.4 Å². The van der Waals surface area contributed by atoms with Crippen LogP contribution in [0.15, 0.2) is 37.9 Å². The minimum atomic E-state index is -0.182. The second-order valence-electron chi connectivity index (χ2n) is 4.60. The van der Waals surface area contributed by atoms with Crippen molar-refractivity contribution in [3.63, 3.8) is 0 Å². The average molecular weight is 430 g/mol. The summed E-state index contributed by atoms with van der Waals surface area (Å²) >= 11 is 8.20. The second-order valence-corrected chi connectivity index (χ2v) is 8.35. The number of hydrogen-bond donors (Lipinski definition) is 1. The van der Waals surface area contributed by atoms with E-state index in [4.69, 9.17) is 0 Å². The normalized spacial score (nSPS) is 14.4. The van der Waals surface area contributed by atoms with Gasteiger partial charge in [-0.05, 0) is 49.6 Å². The zero-order valence-electron chi connectivity index (χ0n) is 10.7. The molecule has 0 unspecified atom stereocenters. The van der Waals surface area contributed by atoms with Crippen molar-refractivity contribution in [1.82, 2.24) is 4.90 Å². The number of halogens is 2. The number of thiophene rings is 1. The van der Waals surface area contributed by atoms with Crippen LogP contribution in [0.1, 0.15) is 15.9 Å². The van der Waals surface area contributed by atoms with Crippen molar-refractivity contribution < 1.29 is 9.59 Å². The Bertz CT molecular complexity index is 730. The highest BCUT2D eigenvalue weighted by Crippen LogP contribution is 2.33. The standard InChI is InChI=1S/C14H10Br2N2O2S/c15-11-5-9(13(16)21-11)14(20)18-6-8-3-1-2-4-10(8)17-12(19)7-18/h1-5H,6-7H2,(H,17,19). The van der Waals surface area contributed by atoms with Gasteiger partial charge in [0, 0.05) is 12.2 Å². The maximum Gasteiger partial charge on any atom is 0.256 e. The van der Waals surface area contributed by atoms with Crippen LogP contribution in [0, 0.1) is 0 Å². The monoisotopic (exact) mass is 428 g/mol.